The maximum absolute atomic E-state index is 12.1. The summed E-state index contributed by atoms with van der Waals surface area (Å²) in [5.74, 6) is -1.32. The van der Waals surface area contributed by atoms with E-state index in [-0.39, 0.29) is 51.7 Å². The van der Waals surface area contributed by atoms with Crippen molar-refractivity contribution in [2.24, 2.45) is 39.4 Å². The first-order valence-corrected chi connectivity index (χ1v) is 15.3. The molecule has 0 amide bonds. The van der Waals surface area contributed by atoms with Gasteiger partial charge in [-0.25, -0.2) is 4.79 Å². The van der Waals surface area contributed by atoms with Crippen molar-refractivity contribution in [2.45, 2.75) is 119 Å². The van der Waals surface area contributed by atoms with E-state index in [0.29, 0.717) is 18.8 Å². The summed E-state index contributed by atoms with van der Waals surface area (Å²) in [6.45, 7) is 17.8. The minimum atomic E-state index is -0.985. The molecule has 0 radical (unpaired) electrons. The lowest BCUT2D eigenvalue weighted by Gasteiger charge is -2.61. The number of carboxylic acids is 1. The van der Waals surface area contributed by atoms with Gasteiger partial charge in [0.05, 0.1) is 6.10 Å². The molecule has 41 heavy (non-hydrogen) atoms. The second-order valence-corrected chi connectivity index (χ2v) is 14.5. The molecular formula is C34H50O7. The van der Waals surface area contributed by atoms with Crippen LogP contribution in [0.15, 0.2) is 34.9 Å². The lowest BCUT2D eigenvalue weighted by Crippen LogP contribution is -2.56. The molecule has 4 aliphatic carbocycles. The highest BCUT2D eigenvalue weighted by Crippen LogP contribution is 2.72. The fourth-order valence-corrected chi connectivity index (χ4v) is 9.49. The Balaban J connectivity index is 1.70. The highest BCUT2D eigenvalue weighted by Gasteiger charge is 2.67. The highest BCUT2D eigenvalue weighted by molar-refractivity contribution is 5.85. The zero-order valence-electron chi connectivity index (χ0n) is 26.4. The molecule has 7 heteroatoms. The number of carbonyl (C=O) groups is 3. The summed E-state index contributed by atoms with van der Waals surface area (Å²) >= 11 is 0. The maximum atomic E-state index is 12.1. The molecule has 0 bridgehead atoms. The second kappa shape index (κ2) is 10.7. The van der Waals surface area contributed by atoms with E-state index in [4.69, 9.17) is 9.47 Å². The van der Waals surface area contributed by atoms with E-state index in [1.54, 1.807) is 13.0 Å². The van der Waals surface area contributed by atoms with Gasteiger partial charge in [-0.2, -0.15) is 0 Å². The molecule has 0 saturated heterocycles. The number of aliphatic hydroxyl groups excluding tert-OH is 1. The molecule has 0 aromatic heterocycles. The van der Waals surface area contributed by atoms with Crippen LogP contribution < -0.4 is 0 Å². The van der Waals surface area contributed by atoms with Gasteiger partial charge in [0.2, 0.25) is 0 Å². The summed E-state index contributed by atoms with van der Waals surface area (Å²) in [6.07, 6.45) is 9.56. The number of esters is 2. The van der Waals surface area contributed by atoms with Gasteiger partial charge in [-0.3, -0.25) is 9.59 Å². The fourth-order valence-electron chi connectivity index (χ4n) is 9.49. The van der Waals surface area contributed by atoms with Crippen LogP contribution in [0, 0.1) is 39.4 Å². The van der Waals surface area contributed by atoms with E-state index in [1.165, 1.54) is 25.0 Å². The standard InChI is InChI=1S/C34H50O7/c1-19(30(38)39)10-12-26(40-21(3)35)20(2)25-18-28(37)34(9)24-11-13-27-31(5,6)29(41-22(4)36)15-16-32(27,7)23(24)14-17-33(25,34)8/h10-11,14,20,25-29,37H,12-13,15-18H2,1-9H3,(H,38,39)/b19-10-/t20-,25+,26-,27-,28-,29+,32+,33+,34+/m0/s1. The zero-order chi connectivity index (χ0) is 30.7. The Kier molecular flexibility index (Phi) is 8.22. The third-order valence-corrected chi connectivity index (χ3v) is 12.2. The fraction of sp³-hybridized carbons (Fsp3) is 0.735. The van der Waals surface area contributed by atoms with Crippen molar-refractivity contribution in [3.63, 3.8) is 0 Å². The molecule has 2 fully saturated rings. The van der Waals surface area contributed by atoms with Gasteiger partial charge in [-0.15, -0.1) is 0 Å². The van der Waals surface area contributed by atoms with E-state index < -0.39 is 23.6 Å². The third kappa shape index (κ3) is 4.90. The Labute approximate surface area is 245 Å². The van der Waals surface area contributed by atoms with Gasteiger partial charge in [0, 0.05) is 36.7 Å². The number of hydrogen-bond acceptors (Lipinski definition) is 6. The predicted octanol–water partition coefficient (Wildman–Crippen LogP) is 6.40. The molecule has 9 atom stereocenters. The van der Waals surface area contributed by atoms with E-state index in [0.717, 1.165) is 25.7 Å². The van der Waals surface area contributed by atoms with Gasteiger partial charge in [0.25, 0.3) is 0 Å². The van der Waals surface area contributed by atoms with Crippen LogP contribution in [-0.2, 0) is 23.9 Å². The van der Waals surface area contributed by atoms with Crippen LogP contribution in [-0.4, -0.2) is 46.4 Å². The molecule has 7 nitrogen and oxygen atoms in total. The summed E-state index contributed by atoms with van der Waals surface area (Å²) < 4.78 is 11.6. The lowest BCUT2D eigenvalue weighted by molar-refractivity contribution is -0.165. The van der Waals surface area contributed by atoms with Crippen LogP contribution in [0.25, 0.3) is 0 Å². The van der Waals surface area contributed by atoms with Crippen molar-refractivity contribution in [2.75, 3.05) is 0 Å². The smallest absolute Gasteiger partial charge is 0.330 e. The summed E-state index contributed by atoms with van der Waals surface area (Å²) in [6, 6.07) is 0. The molecule has 0 spiro atoms. The van der Waals surface area contributed by atoms with E-state index in [2.05, 4.69) is 53.7 Å². The topological polar surface area (TPSA) is 110 Å². The predicted molar refractivity (Wildman–Crippen MR) is 157 cm³/mol. The van der Waals surface area contributed by atoms with Crippen molar-refractivity contribution in [1.29, 1.82) is 0 Å². The van der Waals surface area contributed by atoms with Crippen LogP contribution in [0.4, 0.5) is 0 Å². The maximum Gasteiger partial charge on any atom is 0.330 e. The van der Waals surface area contributed by atoms with Crippen molar-refractivity contribution < 1.29 is 34.1 Å². The Morgan fingerprint density at radius 3 is 2.29 bits per heavy atom. The highest BCUT2D eigenvalue weighted by atomic mass is 16.5. The number of carboxylic acid groups (broad SMARTS) is 1. The molecule has 0 aromatic rings. The number of allylic oxidation sites excluding steroid dienone is 3. The monoisotopic (exact) mass is 570 g/mol. The first-order chi connectivity index (χ1) is 18.9. The van der Waals surface area contributed by atoms with Crippen LogP contribution in [0.2, 0.25) is 0 Å². The zero-order valence-corrected chi connectivity index (χ0v) is 26.4. The van der Waals surface area contributed by atoms with Gasteiger partial charge in [0.15, 0.2) is 0 Å². The Hall–Kier alpha value is -2.41. The van der Waals surface area contributed by atoms with E-state index in [9.17, 15) is 24.6 Å². The van der Waals surface area contributed by atoms with Crippen molar-refractivity contribution >= 4 is 17.9 Å². The molecule has 4 aliphatic rings. The Morgan fingerprint density at radius 2 is 1.71 bits per heavy atom. The molecule has 228 valence electrons. The number of aliphatic hydroxyl groups is 1. The third-order valence-electron chi connectivity index (χ3n) is 12.2. The van der Waals surface area contributed by atoms with E-state index in [1.807, 2.05) is 0 Å². The van der Waals surface area contributed by atoms with Gasteiger partial charge in [-0.05, 0) is 78.8 Å². The molecule has 0 heterocycles. The summed E-state index contributed by atoms with van der Waals surface area (Å²) in [7, 11) is 0. The molecular weight excluding hydrogens is 520 g/mol. The molecule has 0 unspecified atom stereocenters. The first kappa shape index (κ1) is 31.5. The van der Waals surface area contributed by atoms with Crippen molar-refractivity contribution in [3.8, 4) is 0 Å². The molecule has 0 aliphatic heterocycles. The molecule has 4 rings (SSSR count). The number of carbonyl (C=O) groups excluding carboxylic acids is 2. The van der Waals surface area contributed by atoms with Gasteiger partial charge in [0.1, 0.15) is 12.2 Å². The Morgan fingerprint density at radius 1 is 1.05 bits per heavy atom. The molecule has 2 N–H and O–H groups in total. The van der Waals surface area contributed by atoms with Gasteiger partial charge >= 0.3 is 17.9 Å². The van der Waals surface area contributed by atoms with Crippen LogP contribution in [0.1, 0.15) is 101 Å². The number of hydrogen-bond donors (Lipinski definition) is 2. The minimum Gasteiger partial charge on any atom is -0.478 e. The van der Waals surface area contributed by atoms with Crippen LogP contribution in [0.3, 0.4) is 0 Å². The van der Waals surface area contributed by atoms with Crippen molar-refractivity contribution in [1.82, 2.24) is 0 Å². The normalized spacial score (nSPS) is 39.2. The average molecular weight is 571 g/mol. The molecule has 2 saturated carbocycles. The summed E-state index contributed by atoms with van der Waals surface area (Å²) in [5, 5.41) is 21.2. The summed E-state index contributed by atoms with van der Waals surface area (Å²) in [5.41, 5.74) is 1.79. The summed E-state index contributed by atoms with van der Waals surface area (Å²) in [4.78, 5) is 35.4. The quantitative estimate of drug-likeness (QED) is 0.269. The average Bonchev–Trinajstić information content (AvgIpc) is 3.08. The number of fused-ring (bicyclic) bond motifs is 5. The van der Waals surface area contributed by atoms with E-state index >= 15 is 0 Å². The first-order valence-electron chi connectivity index (χ1n) is 15.3. The van der Waals surface area contributed by atoms with Crippen LogP contribution in [0.5, 0.6) is 0 Å². The van der Waals surface area contributed by atoms with Crippen molar-refractivity contribution in [3.05, 3.63) is 34.9 Å². The van der Waals surface area contributed by atoms with Crippen LogP contribution >= 0.6 is 0 Å². The SMILES string of the molecule is CC(=O)O[C@@H](C/C=C(/C)C(=O)O)[C@@H](C)[C@H]1C[C@H](O)[C@@]2(C)C3=CC[C@H]4C(C)(C)[C@H](OC(C)=O)CC[C@]4(C)C3=CC[C@]12C. The second-order valence-electron chi connectivity index (χ2n) is 14.5. The van der Waals surface area contributed by atoms with Gasteiger partial charge in [-0.1, -0.05) is 59.8 Å². The number of rotatable bonds is 7. The van der Waals surface area contributed by atoms with Gasteiger partial charge < -0.3 is 19.7 Å². The largest absolute Gasteiger partial charge is 0.478 e. The lowest BCUT2D eigenvalue weighted by atomic mass is 9.44. The molecule has 0 aromatic carbocycles. The minimum absolute atomic E-state index is 0.0609. The number of ether oxygens (including phenoxy) is 2. The number of aliphatic carboxylic acids is 1. The Bertz CT molecular complexity index is 1190.